The normalized spacial score (nSPS) is 13.8. The number of amides is 2. The van der Waals surface area contributed by atoms with Gasteiger partial charge in [0.25, 0.3) is 11.8 Å². The number of hydrogen-bond donors (Lipinski definition) is 1. The van der Waals surface area contributed by atoms with Crippen LogP contribution >= 0.6 is 0 Å². The molecule has 2 aromatic carbocycles. The smallest absolute Gasteiger partial charge is 0.298 e. The van der Waals surface area contributed by atoms with E-state index < -0.39 is 0 Å². The number of rotatable bonds is 1. The van der Waals surface area contributed by atoms with Gasteiger partial charge in [0.15, 0.2) is 0 Å². The third-order valence-corrected chi connectivity index (χ3v) is 4.08. The van der Waals surface area contributed by atoms with Crippen LogP contribution in [0, 0.1) is 11.8 Å². The van der Waals surface area contributed by atoms with Crippen LogP contribution in [0.25, 0.3) is 0 Å². The molecule has 0 radical (unpaired) electrons. The number of phenolic OH excluding ortho intramolecular Hbond substituents is 1. The van der Waals surface area contributed by atoms with Crippen molar-refractivity contribution in [2.45, 2.75) is 0 Å². The van der Waals surface area contributed by atoms with Crippen molar-refractivity contribution in [3.63, 3.8) is 0 Å². The van der Waals surface area contributed by atoms with E-state index in [0.29, 0.717) is 26.2 Å². The van der Waals surface area contributed by atoms with E-state index in [1.54, 1.807) is 28.0 Å². The van der Waals surface area contributed by atoms with E-state index in [1.165, 1.54) is 6.07 Å². The molecule has 0 aliphatic carbocycles. The van der Waals surface area contributed by atoms with Crippen LogP contribution in [0.2, 0.25) is 0 Å². The number of hydrogen-bond acceptors (Lipinski definition) is 3. The first-order valence-corrected chi connectivity index (χ1v) is 8.08. The van der Waals surface area contributed by atoms with Crippen molar-refractivity contribution in [3.8, 4) is 17.6 Å². The second-order valence-electron chi connectivity index (χ2n) is 5.72. The standard InChI is InChI=1S/C20H18N2O3/c23-18-9-5-4-8-17(18)20(25)22-14-12-21(13-15-22)19(24)11-10-16-6-2-1-3-7-16/h1-9,23H,12-15H2. The molecule has 3 rings (SSSR count). The third kappa shape index (κ3) is 3.99. The maximum Gasteiger partial charge on any atom is 0.298 e. The van der Waals surface area contributed by atoms with E-state index in [0.717, 1.165) is 5.56 Å². The monoisotopic (exact) mass is 334 g/mol. The molecule has 0 unspecified atom stereocenters. The summed E-state index contributed by atoms with van der Waals surface area (Å²) >= 11 is 0. The second-order valence-corrected chi connectivity index (χ2v) is 5.72. The van der Waals surface area contributed by atoms with Crippen LogP contribution in [0.4, 0.5) is 0 Å². The summed E-state index contributed by atoms with van der Waals surface area (Å²) in [6.07, 6.45) is 0. The summed E-state index contributed by atoms with van der Waals surface area (Å²) in [5, 5.41) is 9.80. The Balaban J connectivity index is 1.59. The number of phenols is 1. The maximum atomic E-state index is 12.4. The lowest BCUT2D eigenvalue weighted by molar-refractivity contribution is -0.126. The zero-order valence-electron chi connectivity index (χ0n) is 13.7. The topological polar surface area (TPSA) is 60.9 Å². The Hall–Kier alpha value is -3.26. The van der Waals surface area contributed by atoms with E-state index in [-0.39, 0.29) is 23.1 Å². The Morgan fingerprint density at radius 1 is 0.840 bits per heavy atom. The van der Waals surface area contributed by atoms with Crippen molar-refractivity contribution in [1.29, 1.82) is 0 Å². The van der Waals surface area contributed by atoms with Crippen LogP contribution in [-0.2, 0) is 4.79 Å². The van der Waals surface area contributed by atoms with Crippen LogP contribution in [0.5, 0.6) is 5.75 Å². The number of piperazine rings is 1. The maximum absolute atomic E-state index is 12.4. The van der Waals surface area contributed by atoms with Gasteiger partial charge in [0.05, 0.1) is 5.56 Å². The fourth-order valence-corrected chi connectivity index (χ4v) is 2.66. The predicted octanol–water partition coefficient (Wildman–Crippen LogP) is 1.73. The summed E-state index contributed by atoms with van der Waals surface area (Å²) < 4.78 is 0. The van der Waals surface area contributed by atoms with Crippen molar-refractivity contribution >= 4 is 11.8 Å². The second kappa shape index (κ2) is 7.54. The molecular weight excluding hydrogens is 316 g/mol. The molecule has 25 heavy (non-hydrogen) atoms. The Morgan fingerprint density at radius 3 is 2.12 bits per heavy atom. The molecule has 1 aliphatic rings. The fourth-order valence-electron chi connectivity index (χ4n) is 2.66. The van der Waals surface area contributed by atoms with Crippen molar-refractivity contribution < 1.29 is 14.7 Å². The van der Waals surface area contributed by atoms with E-state index in [4.69, 9.17) is 0 Å². The fraction of sp³-hybridized carbons (Fsp3) is 0.200. The number of nitrogens with zero attached hydrogens (tertiary/aromatic N) is 2. The highest BCUT2D eigenvalue weighted by Crippen LogP contribution is 2.18. The molecule has 0 atom stereocenters. The minimum Gasteiger partial charge on any atom is -0.507 e. The van der Waals surface area contributed by atoms with Gasteiger partial charge in [-0.2, -0.15) is 0 Å². The van der Waals surface area contributed by atoms with Crippen LogP contribution in [-0.4, -0.2) is 52.9 Å². The van der Waals surface area contributed by atoms with E-state index in [9.17, 15) is 14.7 Å². The van der Waals surface area contributed by atoms with Gasteiger partial charge < -0.3 is 14.9 Å². The number of benzene rings is 2. The zero-order valence-corrected chi connectivity index (χ0v) is 13.7. The molecule has 1 heterocycles. The first-order valence-electron chi connectivity index (χ1n) is 8.08. The molecule has 0 aromatic heterocycles. The van der Waals surface area contributed by atoms with Crippen molar-refractivity contribution in [2.24, 2.45) is 0 Å². The number of para-hydroxylation sites is 1. The summed E-state index contributed by atoms with van der Waals surface area (Å²) in [4.78, 5) is 27.9. The molecule has 126 valence electrons. The quantitative estimate of drug-likeness (QED) is 0.808. The highest BCUT2D eigenvalue weighted by Gasteiger charge is 2.25. The highest BCUT2D eigenvalue weighted by molar-refractivity contribution is 5.97. The van der Waals surface area contributed by atoms with Crippen molar-refractivity contribution in [3.05, 3.63) is 65.7 Å². The Bertz CT molecular complexity index is 829. The van der Waals surface area contributed by atoms with Crippen LogP contribution < -0.4 is 0 Å². The molecule has 2 amide bonds. The van der Waals surface area contributed by atoms with Crippen LogP contribution in [0.1, 0.15) is 15.9 Å². The van der Waals surface area contributed by atoms with Crippen molar-refractivity contribution in [1.82, 2.24) is 9.80 Å². The molecule has 0 spiro atoms. The van der Waals surface area contributed by atoms with Crippen molar-refractivity contribution in [2.75, 3.05) is 26.2 Å². The SMILES string of the molecule is O=C(C#Cc1ccccc1)N1CCN(C(=O)c2ccccc2O)CC1. The Labute approximate surface area is 146 Å². The first-order chi connectivity index (χ1) is 12.1. The zero-order chi connectivity index (χ0) is 17.6. The average molecular weight is 334 g/mol. The Kier molecular flexibility index (Phi) is 5.00. The van der Waals surface area contributed by atoms with Gasteiger partial charge in [-0.05, 0) is 24.3 Å². The van der Waals surface area contributed by atoms with Gasteiger partial charge >= 0.3 is 0 Å². The van der Waals surface area contributed by atoms with E-state index in [1.807, 2.05) is 30.3 Å². The molecule has 0 bridgehead atoms. The highest BCUT2D eigenvalue weighted by atomic mass is 16.3. The van der Waals surface area contributed by atoms with Gasteiger partial charge in [0.1, 0.15) is 5.75 Å². The molecule has 1 aliphatic heterocycles. The minimum atomic E-state index is -0.237. The minimum absolute atomic E-state index is 0.0280. The lowest BCUT2D eigenvalue weighted by atomic mass is 10.1. The predicted molar refractivity (Wildman–Crippen MR) is 93.9 cm³/mol. The van der Waals surface area contributed by atoms with E-state index >= 15 is 0 Å². The largest absolute Gasteiger partial charge is 0.507 e. The summed E-state index contributed by atoms with van der Waals surface area (Å²) in [6.45, 7) is 1.71. The molecule has 1 fully saturated rings. The average Bonchev–Trinajstić information content (AvgIpc) is 2.67. The van der Waals surface area contributed by atoms with Gasteiger partial charge in [-0.3, -0.25) is 9.59 Å². The molecule has 5 heteroatoms. The molecule has 5 nitrogen and oxygen atoms in total. The van der Waals surface area contributed by atoms with E-state index in [2.05, 4.69) is 11.8 Å². The number of carbonyl (C=O) groups is 2. The molecule has 1 N–H and O–H groups in total. The van der Waals surface area contributed by atoms with Gasteiger partial charge in [-0.15, -0.1) is 0 Å². The Morgan fingerprint density at radius 2 is 1.44 bits per heavy atom. The van der Waals surface area contributed by atoms with Crippen LogP contribution in [0.3, 0.4) is 0 Å². The van der Waals surface area contributed by atoms with Gasteiger partial charge in [-0.25, -0.2) is 0 Å². The summed E-state index contributed by atoms with van der Waals surface area (Å²) in [5.41, 5.74) is 1.08. The lowest BCUT2D eigenvalue weighted by Crippen LogP contribution is -2.50. The first kappa shape index (κ1) is 16.6. The third-order valence-electron chi connectivity index (χ3n) is 4.08. The number of aromatic hydroxyl groups is 1. The summed E-state index contributed by atoms with van der Waals surface area (Å²) in [7, 11) is 0. The van der Waals surface area contributed by atoms with Crippen LogP contribution in [0.15, 0.2) is 54.6 Å². The molecule has 2 aromatic rings. The van der Waals surface area contributed by atoms with Gasteiger partial charge in [0, 0.05) is 37.7 Å². The lowest BCUT2D eigenvalue weighted by Gasteiger charge is -2.33. The van der Waals surface area contributed by atoms with Gasteiger partial charge in [-0.1, -0.05) is 36.3 Å². The summed E-state index contributed by atoms with van der Waals surface area (Å²) in [5.74, 6) is 5.01. The number of carbonyl (C=O) groups excluding carboxylic acids is 2. The summed E-state index contributed by atoms with van der Waals surface area (Å²) in [6, 6.07) is 15.8. The molecule has 0 saturated carbocycles. The molecular formula is C20H18N2O3. The van der Waals surface area contributed by atoms with Gasteiger partial charge in [0.2, 0.25) is 0 Å². The molecule has 1 saturated heterocycles.